The number of hydrogen-bond donors (Lipinski definition) is 2. The van der Waals surface area contributed by atoms with Crippen molar-refractivity contribution in [2.45, 2.75) is 40.8 Å². The fourth-order valence-electron chi connectivity index (χ4n) is 1.76. The van der Waals surface area contributed by atoms with Crippen molar-refractivity contribution in [3.05, 3.63) is 34.4 Å². The summed E-state index contributed by atoms with van der Waals surface area (Å²) in [6.07, 6.45) is 0. The number of carbonyl (C=O) groups is 2. The number of benzene rings is 1. The van der Waals surface area contributed by atoms with Gasteiger partial charge in [0.05, 0.1) is 0 Å². The van der Waals surface area contributed by atoms with E-state index in [2.05, 4.69) is 22.8 Å². The van der Waals surface area contributed by atoms with Crippen LogP contribution in [0.1, 0.15) is 36.1 Å². The molecule has 4 nitrogen and oxygen atoms in total. The Morgan fingerprint density at radius 3 is 1.50 bits per heavy atom. The summed E-state index contributed by atoms with van der Waals surface area (Å²) in [5.74, 6) is -0.0660. The maximum Gasteiger partial charge on any atom is 0.217 e. The molecule has 0 heterocycles. The lowest BCUT2D eigenvalue weighted by molar-refractivity contribution is -0.120. The van der Waals surface area contributed by atoms with E-state index in [1.54, 1.807) is 0 Å². The zero-order valence-corrected chi connectivity index (χ0v) is 11.4. The molecule has 0 spiro atoms. The summed E-state index contributed by atoms with van der Waals surface area (Å²) in [6.45, 7) is 8.12. The Kier molecular flexibility index (Phi) is 4.89. The van der Waals surface area contributed by atoms with Gasteiger partial charge in [-0.3, -0.25) is 9.59 Å². The highest BCUT2D eigenvalue weighted by atomic mass is 16.1. The van der Waals surface area contributed by atoms with Gasteiger partial charge in [0, 0.05) is 26.9 Å². The van der Waals surface area contributed by atoms with Gasteiger partial charge in [0.1, 0.15) is 0 Å². The lowest BCUT2D eigenvalue weighted by Crippen LogP contribution is -2.21. The fourth-order valence-corrected chi connectivity index (χ4v) is 1.76. The second-order valence-electron chi connectivity index (χ2n) is 4.52. The van der Waals surface area contributed by atoms with Crippen molar-refractivity contribution in [3.8, 4) is 0 Å². The third-order valence-electron chi connectivity index (χ3n) is 2.85. The Bertz CT molecular complexity index is 423. The molecule has 0 saturated carbocycles. The molecule has 0 aliphatic rings. The van der Waals surface area contributed by atoms with Crippen LogP contribution in [0.3, 0.4) is 0 Å². The molecule has 2 N–H and O–H groups in total. The SMILES string of the molecule is CC(=O)NCc1cc(C)c(CNC(C)=O)cc1C. The molecule has 0 aliphatic heterocycles. The van der Waals surface area contributed by atoms with Gasteiger partial charge in [-0.2, -0.15) is 0 Å². The van der Waals surface area contributed by atoms with E-state index < -0.39 is 0 Å². The van der Waals surface area contributed by atoms with Crippen LogP contribution >= 0.6 is 0 Å². The average molecular weight is 248 g/mol. The third kappa shape index (κ3) is 4.20. The van der Waals surface area contributed by atoms with Gasteiger partial charge in [-0.1, -0.05) is 12.1 Å². The van der Waals surface area contributed by atoms with Crippen LogP contribution in [0.5, 0.6) is 0 Å². The van der Waals surface area contributed by atoms with Crippen LogP contribution in [0.2, 0.25) is 0 Å². The molecule has 0 aromatic heterocycles. The topological polar surface area (TPSA) is 58.2 Å². The highest BCUT2D eigenvalue weighted by Gasteiger charge is 2.05. The Hall–Kier alpha value is -1.84. The molecule has 0 aliphatic carbocycles. The highest BCUT2D eigenvalue weighted by Crippen LogP contribution is 2.16. The van der Waals surface area contributed by atoms with Gasteiger partial charge >= 0.3 is 0 Å². The first-order chi connectivity index (χ1) is 8.40. The van der Waals surface area contributed by atoms with E-state index in [1.165, 1.54) is 13.8 Å². The van der Waals surface area contributed by atoms with Gasteiger partial charge in [0.2, 0.25) is 11.8 Å². The summed E-state index contributed by atoms with van der Waals surface area (Å²) in [4.78, 5) is 21.8. The minimum atomic E-state index is -0.0330. The monoisotopic (exact) mass is 248 g/mol. The zero-order chi connectivity index (χ0) is 13.7. The summed E-state index contributed by atoms with van der Waals surface area (Å²) < 4.78 is 0. The molecule has 0 radical (unpaired) electrons. The highest BCUT2D eigenvalue weighted by molar-refractivity contribution is 5.73. The van der Waals surface area contributed by atoms with E-state index >= 15 is 0 Å². The van der Waals surface area contributed by atoms with Crippen molar-refractivity contribution in [2.75, 3.05) is 0 Å². The van der Waals surface area contributed by atoms with Gasteiger partial charge in [-0.15, -0.1) is 0 Å². The van der Waals surface area contributed by atoms with Crippen LogP contribution in [0.15, 0.2) is 12.1 Å². The van der Waals surface area contributed by atoms with Crippen LogP contribution in [-0.4, -0.2) is 11.8 Å². The first-order valence-corrected chi connectivity index (χ1v) is 5.98. The van der Waals surface area contributed by atoms with E-state index in [4.69, 9.17) is 0 Å². The number of hydrogen-bond acceptors (Lipinski definition) is 2. The summed E-state index contributed by atoms with van der Waals surface area (Å²) in [7, 11) is 0. The molecule has 0 saturated heterocycles. The van der Waals surface area contributed by atoms with Gasteiger partial charge in [-0.05, 0) is 36.1 Å². The largest absolute Gasteiger partial charge is 0.352 e. The molecule has 1 aromatic rings. The van der Waals surface area contributed by atoms with Crippen molar-refractivity contribution in [1.82, 2.24) is 10.6 Å². The van der Waals surface area contributed by atoms with Crippen molar-refractivity contribution in [1.29, 1.82) is 0 Å². The molecule has 0 bridgehead atoms. The average Bonchev–Trinajstić information content (AvgIpc) is 2.27. The van der Waals surface area contributed by atoms with Crippen molar-refractivity contribution >= 4 is 11.8 Å². The molecule has 98 valence electrons. The van der Waals surface area contributed by atoms with Crippen molar-refractivity contribution in [3.63, 3.8) is 0 Å². The fraction of sp³-hybridized carbons (Fsp3) is 0.429. The Morgan fingerprint density at radius 2 is 1.22 bits per heavy atom. The summed E-state index contributed by atoms with van der Waals surface area (Å²) in [5.41, 5.74) is 4.45. The second-order valence-corrected chi connectivity index (χ2v) is 4.52. The quantitative estimate of drug-likeness (QED) is 0.850. The number of aryl methyl sites for hydroxylation is 2. The van der Waals surface area contributed by atoms with Gasteiger partial charge < -0.3 is 10.6 Å². The van der Waals surface area contributed by atoms with Crippen LogP contribution in [0.4, 0.5) is 0 Å². The molecule has 1 rings (SSSR count). The van der Waals surface area contributed by atoms with Crippen LogP contribution < -0.4 is 10.6 Å². The minimum absolute atomic E-state index is 0.0330. The zero-order valence-electron chi connectivity index (χ0n) is 11.4. The first kappa shape index (κ1) is 14.2. The van der Waals surface area contributed by atoms with E-state index in [-0.39, 0.29) is 11.8 Å². The molecule has 1 aromatic carbocycles. The molecule has 0 unspecified atom stereocenters. The predicted molar refractivity (Wildman–Crippen MR) is 71.0 cm³/mol. The second kappa shape index (κ2) is 6.19. The molecular weight excluding hydrogens is 228 g/mol. The molecular formula is C14H20N2O2. The van der Waals surface area contributed by atoms with Crippen molar-refractivity contribution in [2.24, 2.45) is 0 Å². The Morgan fingerprint density at radius 1 is 0.889 bits per heavy atom. The maximum atomic E-state index is 10.9. The Balaban J connectivity index is 2.82. The van der Waals surface area contributed by atoms with Gasteiger partial charge in [0.15, 0.2) is 0 Å². The Labute approximate surface area is 108 Å². The van der Waals surface area contributed by atoms with Gasteiger partial charge in [0.25, 0.3) is 0 Å². The van der Waals surface area contributed by atoms with E-state index in [0.29, 0.717) is 13.1 Å². The van der Waals surface area contributed by atoms with Gasteiger partial charge in [-0.25, -0.2) is 0 Å². The molecule has 18 heavy (non-hydrogen) atoms. The van der Waals surface area contributed by atoms with E-state index in [0.717, 1.165) is 22.3 Å². The normalized spacial score (nSPS) is 10.0. The van der Waals surface area contributed by atoms with Crippen LogP contribution in [0.25, 0.3) is 0 Å². The summed E-state index contributed by atoms with van der Waals surface area (Å²) in [6, 6.07) is 4.12. The summed E-state index contributed by atoms with van der Waals surface area (Å²) >= 11 is 0. The standard InChI is InChI=1S/C14H20N2O2/c1-9-5-14(8-16-12(4)18)10(2)6-13(9)7-15-11(3)17/h5-6H,7-8H2,1-4H3,(H,15,17)(H,16,18). The number of carbonyl (C=O) groups excluding carboxylic acids is 2. The van der Waals surface area contributed by atoms with E-state index in [9.17, 15) is 9.59 Å². The summed E-state index contributed by atoms with van der Waals surface area (Å²) in [5, 5.41) is 5.58. The number of nitrogens with one attached hydrogen (secondary N) is 2. The lowest BCUT2D eigenvalue weighted by atomic mass is 9.99. The molecule has 0 fully saturated rings. The predicted octanol–water partition coefficient (Wildman–Crippen LogP) is 1.58. The molecule has 0 atom stereocenters. The number of rotatable bonds is 4. The molecule has 2 amide bonds. The minimum Gasteiger partial charge on any atom is -0.352 e. The smallest absolute Gasteiger partial charge is 0.217 e. The van der Waals surface area contributed by atoms with E-state index in [1.807, 2.05) is 13.8 Å². The van der Waals surface area contributed by atoms with Crippen LogP contribution in [-0.2, 0) is 22.7 Å². The van der Waals surface area contributed by atoms with Crippen molar-refractivity contribution < 1.29 is 9.59 Å². The molecule has 4 heteroatoms. The maximum absolute atomic E-state index is 10.9. The first-order valence-electron chi connectivity index (χ1n) is 5.98. The third-order valence-corrected chi connectivity index (χ3v) is 2.85. The number of amides is 2. The van der Waals surface area contributed by atoms with Crippen LogP contribution in [0, 0.1) is 13.8 Å². The lowest BCUT2D eigenvalue weighted by Gasteiger charge is -2.13.